The van der Waals surface area contributed by atoms with Crippen LogP contribution in [-0.2, 0) is 14.8 Å². The van der Waals surface area contributed by atoms with Crippen molar-refractivity contribution in [2.45, 2.75) is 6.92 Å². The van der Waals surface area contributed by atoms with Gasteiger partial charge in [0.05, 0.1) is 22.7 Å². The first-order chi connectivity index (χ1) is 8.73. The van der Waals surface area contributed by atoms with Gasteiger partial charge in [-0.1, -0.05) is 18.5 Å². The van der Waals surface area contributed by atoms with Gasteiger partial charge in [-0.15, -0.1) is 0 Å². The molecule has 0 spiro atoms. The van der Waals surface area contributed by atoms with Crippen LogP contribution in [0, 0.1) is 5.92 Å². The van der Waals surface area contributed by atoms with Crippen LogP contribution in [0.15, 0.2) is 18.2 Å². The topological polar surface area (TPSA) is 101 Å². The summed E-state index contributed by atoms with van der Waals surface area (Å²) in [5.41, 5.74) is 6.05. The Hall–Kier alpha value is -1.31. The molecule has 6 nitrogen and oxygen atoms in total. The van der Waals surface area contributed by atoms with Crippen molar-refractivity contribution >= 4 is 38.9 Å². The van der Waals surface area contributed by atoms with Crippen LogP contribution < -0.4 is 15.8 Å². The van der Waals surface area contributed by atoms with E-state index in [1.54, 1.807) is 6.92 Å². The van der Waals surface area contributed by atoms with Crippen molar-refractivity contribution in [1.82, 2.24) is 0 Å². The highest BCUT2D eigenvalue weighted by atomic mass is 35.5. The molecule has 1 rings (SSSR count). The quantitative estimate of drug-likeness (QED) is 0.762. The Kier molecular flexibility index (Phi) is 5.16. The maximum absolute atomic E-state index is 11.7. The summed E-state index contributed by atoms with van der Waals surface area (Å²) >= 11 is 5.94. The number of nitrogens with one attached hydrogen (secondary N) is 2. The van der Waals surface area contributed by atoms with E-state index in [0.717, 1.165) is 6.26 Å². The minimum absolute atomic E-state index is 0.213. The van der Waals surface area contributed by atoms with Crippen molar-refractivity contribution in [2.24, 2.45) is 11.7 Å². The summed E-state index contributed by atoms with van der Waals surface area (Å²) in [5, 5.41) is 2.92. The number of amides is 1. The lowest BCUT2D eigenvalue weighted by atomic mass is 10.1. The molecule has 0 aromatic heterocycles. The summed E-state index contributed by atoms with van der Waals surface area (Å²) in [6.07, 6.45) is 1.04. The zero-order valence-electron chi connectivity index (χ0n) is 10.6. The molecule has 0 saturated heterocycles. The normalized spacial score (nSPS) is 12.8. The predicted octanol–water partition coefficient (Wildman–Crippen LogP) is 1.24. The molecule has 0 aliphatic rings. The number of hydrogen-bond acceptors (Lipinski definition) is 4. The molecule has 4 N–H and O–H groups in total. The molecular weight excluding hydrogens is 290 g/mol. The van der Waals surface area contributed by atoms with Crippen molar-refractivity contribution in [3.63, 3.8) is 0 Å². The molecule has 1 atom stereocenters. The first kappa shape index (κ1) is 15.7. The van der Waals surface area contributed by atoms with Crippen molar-refractivity contribution in [2.75, 3.05) is 22.8 Å². The molecule has 0 aliphatic heterocycles. The Morgan fingerprint density at radius 1 is 1.47 bits per heavy atom. The summed E-state index contributed by atoms with van der Waals surface area (Å²) < 4.78 is 24.6. The highest BCUT2D eigenvalue weighted by Crippen LogP contribution is 2.26. The maximum Gasteiger partial charge on any atom is 0.229 e. The van der Waals surface area contributed by atoms with Crippen molar-refractivity contribution < 1.29 is 13.2 Å². The molecule has 0 aliphatic carbocycles. The van der Waals surface area contributed by atoms with Gasteiger partial charge < -0.3 is 11.1 Å². The average Bonchev–Trinajstić information content (AvgIpc) is 2.30. The second kappa shape index (κ2) is 6.23. The molecule has 0 radical (unpaired) electrons. The van der Waals surface area contributed by atoms with Gasteiger partial charge in [0.25, 0.3) is 0 Å². The van der Waals surface area contributed by atoms with Gasteiger partial charge in [-0.2, -0.15) is 0 Å². The van der Waals surface area contributed by atoms with Crippen LogP contribution in [0.5, 0.6) is 0 Å². The Labute approximate surface area is 117 Å². The zero-order valence-corrected chi connectivity index (χ0v) is 12.2. The first-order valence-electron chi connectivity index (χ1n) is 5.51. The van der Waals surface area contributed by atoms with Crippen LogP contribution in [0.4, 0.5) is 11.4 Å². The van der Waals surface area contributed by atoms with Crippen LogP contribution in [0.2, 0.25) is 5.02 Å². The third-order valence-electron chi connectivity index (χ3n) is 2.33. The monoisotopic (exact) mass is 305 g/mol. The van der Waals surface area contributed by atoms with E-state index in [9.17, 15) is 13.2 Å². The fraction of sp³-hybridized carbons (Fsp3) is 0.364. The lowest BCUT2D eigenvalue weighted by Gasteiger charge is -2.13. The van der Waals surface area contributed by atoms with E-state index in [1.807, 2.05) is 0 Å². The smallest absolute Gasteiger partial charge is 0.229 e. The van der Waals surface area contributed by atoms with Gasteiger partial charge in [-0.05, 0) is 18.2 Å². The Morgan fingerprint density at radius 3 is 2.63 bits per heavy atom. The highest BCUT2D eigenvalue weighted by Gasteiger charge is 2.13. The predicted molar refractivity (Wildman–Crippen MR) is 76.8 cm³/mol. The number of benzene rings is 1. The molecule has 8 heteroatoms. The van der Waals surface area contributed by atoms with E-state index < -0.39 is 10.0 Å². The summed E-state index contributed by atoms with van der Waals surface area (Å²) in [6, 6.07) is 4.45. The minimum atomic E-state index is -3.38. The Balaban J connectivity index is 2.95. The van der Waals surface area contributed by atoms with E-state index in [2.05, 4.69) is 10.0 Å². The lowest BCUT2D eigenvalue weighted by molar-refractivity contribution is -0.119. The van der Waals surface area contributed by atoms with Gasteiger partial charge >= 0.3 is 0 Å². The van der Waals surface area contributed by atoms with Crippen LogP contribution >= 0.6 is 11.6 Å². The average molecular weight is 306 g/mol. The van der Waals surface area contributed by atoms with E-state index in [0.29, 0.717) is 16.4 Å². The Bertz CT molecular complexity index is 575. The zero-order chi connectivity index (χ0) is 14.6. The molecule has 0 saturated carbocycles. The maximum atomic E-state index is 11.7. The standard InChI is InChI=1S/C11H16ClN3O3S/c1-7(6-13)11(16)14-10-5-8(3-4-9(10)12)15-19(2,17)18/h3-5,7,15H,6,13H2,1-2H3,(H,14,16). The van der Waals surface area contributed by atoms with E-state index >= 15 is 0 Å². The SMILES string of the molecule is CC(CN)C(=O)Nc1cc(NS(C)(=O)=O)ccc1Cl. The van der Waals surface area contributed by atoms with E-state index in [-0.39, 0.29) is 18.4 Å². The summed E-state index contributed by atoms with van der Waals surface area (Å²) in [4.78, 5) is 11.7. The number of sulfonamides is 1. The Morgan fingerprint density at radius 2 is 2.11 bits per heavy atom. The van der Waals surface area contributed by atoms with Gasteiger partial charge in [-0.3, -0.25) is 9.52 Å². The fourth-order valence-electron chi connectivity index (χ4n) is 1.26. The van der Waals surface area contributed by atoms with Gasteiger partial charge in [0.1, 0.15) is 0 Å². The number of halogens is 1. The summed E-state index contributed by atoms with van der Waals surface area (Å²) in [5.74, 6) is -0.636. The molecule has 106 valence electrons. The molecule has 0 heterocycles. The summed E-state index contributed by atoms with van der Waals surface area (Å²) in [7, 11) is -3.38. The highest BCUT2D eigenvalue weighted by molar-refractivity contribution is 7.92. The van der Waals surface area contributed by atoms with Crippen molar-refractivity contribution in [1.29, 1.82) is 0 Å². The van der Waals surface area contributed by atoms with Crippen LogP contribution in [0.1, 0.15) is 6.92 Å². The number of carbonyl (C=O) groups is 1. The number of nitrogens with two attached hydrogens (primary N) is 1. The molecule has 1 aromatic carbocycles. The number of carbonyl (C=O) groups excluding carboxylic acids is 1. The third kappa shape index (κ3) is 5.06. The van der Waals surface area contributed by atoms with E-state index in [4.69, 9.17) is 17.3 Å². The van der Waals surface area contributed by atoms with Crippen LogP contribution in [0.3, 0.4) is 0 Å². The van der Waals surface area contributed by atoms with E-state index in [1.165, 1.54) is 18.2 Å². The lowest BCUT2D eigenvalue weighted by Crippen LogP contribution is -2.26. The molecule has 1 amide bonds. The summed E-state index contributed by atoms with van der Waals surface area (Å²) in [6.45, 7) is 1.90. The van der Waals surface area contributed by atoms with Gasteiger partial charge in [-0.25, -0.2) is 8.42 Å². The van der Waals surface area contributed by atoms with Gasteiger partial charge in [0.15, 0.2) is 0 Å². The largest absolute Gasteiger partial charge is 0.330 e. The third-order valence-corrected chi connectivity index (χ3v) is 3.26. The molecule has 1 aromatic rings. The number of anilines is 2. The number of hydrogen-bond donors (Lipinski definition) is 3. The number of rotatable bonds is 5. The second-order valence-electron chi connectivity index (χ2n) is 4.19. The fourth-order valence-corrected chi connectivity index (χ4v) is 1.98. The second-order valence-corrected chi connectivity index (χ2v) is 6.35. The van der Waals surface area contributed by atoms with Crippen LogP contribution in [0.25, 0.3) is 0 Å². The van der Waals surface area contributed by atoms with Gasteiger partial charge in [0, 0.05) is 12.5 Å². The molecule has 0 bridgehead atoms. The van der Waals surface area contributed by atoms with Gasteiger partial charge in [0.2, 0.25) is 15.9 Å². The van der Waals surface area contributed by atoms with Crippen molar-refractivity contribution in [3.8, 4) is 0 Å². The molecule has 19 heavy (non-hydrogen) atoms. The van der Waals surface area contributed by atoms with Crippen LogP contribution in [-0.4, -0.2) is 27.1 Å². The first-order valence-corrected chi connectivity index (χ1v) is 7.78. The minimum Gasteiger partial charge on any atom is -0.330 e. The molecule has 0 fully saturated rings. The molecular formula is C11H16ClN3O3S. The molecule has 1 unspecified atom stereocenters. The van der Waals surface area contributed by atoms with Crippen molar-refractivity contribution in [3.05, 3.63) is 23.2 Å².